The number of carbonyl (C=O) groups is 3. The number of oxazole rings is 1. The second-order valence-electron chi connectivity index (χ2n) is 10.5. The van der Waals surface area contributed by atoms with Crippen LogP contribution in [0.5, 0.6) is 0 Å². The Morgan fingerprint density at radius 3 is 2.40 bits per heavy atom. The van der Waals surface area contributed by atoms with Crippen LogP contribution in [0.4, 0.5) is 11.4 Å². The second-order valence-corrected chi connectivity index (χ2v) is 12.5. The number of aromatic nitrogens is 1. The number of nitrogens with one attached hydrogen (secondary N) is 3. The van der Waals surface area contributed by atoms with Crippen LogP contribution in [0.1, 0.15) is 29.3 Å². The van der Waals surface area contributed by atoms with Crippen LogP contribution in [0.3, 0.4) is 0 Å². The summed E-state index contributed by atoms with van der Waals surface area (Å²) in [4.78, 5) is 44.9. The molecule has 0 aliphatic rings. The average molecular weight is 659 g/mol. The SMILES string of the molecule is CCC(Sc1cccc(NC(=O)/C(=C/c2ccsc2)NC(=O)c2ccccc2)c1)C(=O)Nc1ccc(-c2nc3ccccc3o2)cc1. The summed E-state index contributed by atoms with van der Waals surface area (Å²) >= 11 is 2.90. The van der Waals surface area contributed by atoms with Gasteiger partial charge in [0, 0.05) is 27.4 Å². The molecule has 0 fully saturated rings. The zero-order valence-corrected chi connectivity index (χ0v) is 26.9. The van der Waals surface area contributed by atoms with E-state index in [1.807, 2.05) is 96.5 Å². The number of fused-ring (bicyclic) bond motifs is 1. The van der Waals surface area contributed by atoms with Crippen LogP contribution >= 0.6 is 23.1 Å². The zero-order valence-electron chi connectivity index (χ0n) is 25.3. The lowest BCUT2D eigenvalue weighted by atomic mass is 10.2. The maximum Gasteiger partial charge on any atom is 0.272 e. The highest BCUT2D eigenvalue weighted by Crippen LogP contribution is 2.30. The fourth-order valence-electron chi connectivity index (χ4n) is 4.71. The van der Waals surface area contributed by atoms with Crippen molar-refractivity contribution in [3.63, 3.8) is 0 Å². The number of carbonyl (C=O) groups excluding carboxylic acids is 3. The normalized spacial score (nSPS) is 12.0. The maximum absolute atomic E-state index is 13.4. The van der Waals surface area contributed by atoms with Gasteiger partial charge < -0.3 is 20.4 Å². The Morgan fingerprint density at radius 1 is 0.872 bits per heavy atom. The average Bonchev–Trinajstić information content (AvgIpc) is 3.78. The highest BCUT2D eigenvalue weighted by atomic mass is 32.2. The first-order valence-electron chi connectivity index (χ1n) is 14.9. The summed E-state index contributed by atoms with van der Waals surface area (Å²) in [6.45, 7) is 1.95. The summed E-state index contributed by atoms with van der Waals surface area (Å²) in [7, 11) is 0. The summed E-state index contributed by atoms with van der Waals surface area (Å²) < 4.78 is 5.85. The van der Waals surface area contributed by atoms with E-state index in [4.69, 9.17) is 4.42 Å². The molecule has 234 valence electrons. The number of thiophene rings is 1. The van der Waals surface area contributed by atoms with Crippen molar-refractivity contribution >= 4 is 69.4 Å². The zero-order chi connectivity index (χ0) is 32.6. The van der Waals surface area contributed by atoms with Crippen LogP contribution in [-0.4, -0.2) is 28.0 Å². The van der Waals surface area contributed by atoms with Crippen LogP contribution in [-0.2, 0) is 9.59 Å². The number of thioether (sulfide) groups is 1. The molecule has 2 heterocycles. The molecule has 3 amide bonds. The Kier molecular flexibility index (Phi) is 9.90. The number of rotatable bonds is 11. The molecule has 4 aromatic carbocycles. The third-order valence-electron chi connectivity index (χ3n) is 7.11. The number of benzene rings is 4. The largest absolute Gasteiger partial charge is 0.436 e. The van der Waals surface area contributed by atoms with Crippen molar-refractivity contribution in [3.8, 4) is 11.5 Å². The molecule has 0 saturated carbocycles. The number of amides is 3. The molecule has 0 radical (unpaired) electrons. The molecule has 0 saturated heterocycles. The fraction of sp³-hybridized carbons (Fsp3) is 0.0811. The maximum atomic E-state index is 13.4. The lowest BCUT2D eigenvalue weighted by Gasteiger charge is -2.16. The van der Waals surface area contributed by atoms with Gasteiger partial charge in [-0.15, -0.1) is 11.8 Å². The Morgan fingerprint density at radius 2 is 1.66 bits per heavy atom. The molecule has 3 N–H and O–H groups in total. The molecular formula is C37H30N4O4S2. The van der Waals surface area contributed by atoms with E-state index in [-0.39, 0.29) is 22.8 Å². The molecule has 6 aromatic rings. The first-order valence-corrected chi connectivity index (χ1v) is 16.7. The van der Waals surface area contributed by atoms with Gasteiger partial charge in [-0.3, -0.25) is 14.4 Å². The van der Waals surface area contributed by atoms with Crippen molar-refractivity contribution in [2.45, 2.75) is 23.5 Å². The lowest BCUT2D eigenvalue weighted by molar-refractivity contribution is -0.116. The van der Waals surface area contributed by atoms with Crippen LogP contribution in [0.2, 0.25) is 0 Å². The molecule has 0 spiro atoms. The van der Waals surface area contributed by atoms with E-state index >= 15 is 0 Å². The number of hydrogen-bond acceptors (Lipinski definition) is 7. The minimum Gasteiger partial charge on any atom is -0.436 e. The van der Waals surface area contributed by atoms with E-state index in [9.17, 15) is 14.4 Å². The van der Waals surface area contributed by atoms with E-state index in [1.165, 1.54) is 23.1 Å². The topological polar surface area (TPSA) is 113 Å². The van der Waals surface area contributed by atoms with Crippen LogP contribution in [0.15, 0.2) is 135 Å². The Bertz CT molecular complexity index is 2010. The van der Waals surface area contributed by atoms with Gasteiger partial charge in [0.25, 0.3) is 11.8 Å². The monoisotopic (exact) mass is 658 g/mol. The Balaban J connectivity index is 1.10. The smallest absolute Gasteiger partial charge is 0.272 e. The van der Waals surface area contributed by atoms with Crippen LogP contribution < -0.4 is 16.0 Å². The molecule has 47 heavy (non-hydrogen) atoms. The number of nitrogens with zero attached hydrogens (tertiary/aromatic N) is 1. The van der Waals surface area contributed by atoms with Gasteiger partial charge >= 0.3 is 0 Å². The summed E-state index contributed by atoms with van der Waals surface area (Å²) in [5, 5.41) is 12.1. The minimum atomic E-state index is -0.464. The number of anilines is 2. The standard InChI is InChI=1S/C37H30N4O4S2/c1-2-33(36(44)38-27-17-15-26(16-18-27)37-41-30-13-6-7-14-32(30)45-37)47-29-12-8-11-28(22-29)39-35(43)31(21-24-19-20-46-23-24)40-34(42)25-9-4-3-5-10-25/h3-23,33H,2H2,1H3,(H,38,44)(H,39,43)(H,40,42)/b31-21-. The third-order valence-corrected chi connectivity index (χ3v) is 9.17. The second kappa shape index (κ2) is 14.8. The molecule has 1 atom stereocenters. The number of hydrogen-bond donors (Lipinski definition) is 3. The van der Waals surface area contributed by atoms with E-state index in [0.29, 0.717) is 29.2 Å². The van der Waals surface area contributed by atoms with Crippen molar-refractivity contribution in [2.75, 3.05) is 10.6 Å². The molecule has 2 aromatic heterocycles. The predicted molar refractivity (Wildman–Crippen MR) is 189 cm³/mol. The molecule has 10 heteroatoms. The van der Waals surface area contributed by atoms with Gasteiger partial charge in [-0.1, -0.05) is 43.3 Å². The molecule has 8 nitrogen and oxygen atoms in total. The molecule has 0 aliphatic carbocycles. The minimum absolute atomic E-state index is 0.114. The lowest BCUT2D eigenvalue weighted by Crippen LogP contribution is -2.30. The van der Waals surface area contributed by atoms with Gasteiger partial charge in [-0.2, -0.15) is 11.3 Å². The number of para-hydroxylation sites is 2. The van der Waals surface area contributed by atoms with E-state index in [1.54, 1.807) is 36.4 Å². The van der Waals surface area contributed by atoms with Gasteiger partial charge in [-0.25, -0.2) is 4.98 Å². The Labute approximate surface area is 279 Å². The summed E-state index contributed by atoms with van der Waals surface area (Å²) in [6.07, 6.45) is 2.23. The van der Waals surface area contributed by atoms with Crippen molar-refractivity contribution in [2.24, 2.45) is 0 Å². The molecule has 6 rings (SSSR count). The van der Waals surface area contributed by atoms with Crippen molar-refractivity contribution in [3.05, 3.63) is 137 Å². The Hall–Kier alpha value is -5.45. The highest BCUT2D eigenvalue weighted by Gasteiger charge is 2.20. The van der Waals surface area contributed by atoms with Gasteiger partial charge in [0.05, 0.1) is 5.25 Å². The first kappa shape index (κ1) is 31.5. The van der Waals surface area contributed by atoms with Gasteiger partial charge in [-0.05, 0) is 102 Å². The molecular weight excluding hydrogens is 629 g/mol. The van der Waals surface area contributed by atoms with Crippen LogP contribution in [0.25, 0.3) is 28.6 Å². The fourth-order valence-corrected chi connectivity index (χ4v) is 6.34. The summed E-state index contributed by atoms with van der Waals surface area (Å²) in [6, 6.07) is 32.9. The molecule has 1 unspecified atom stereocenters. The molecule has 0 aliphatic heterocycles. The van der Waals surface area contributed by atoms with Crippen molar-refractivity contribution < 1.29 is 18.8 Å². The van der Waals surface area contributed by atoms with E-state index < -0.39 is 5.91 Å². The van der Waals surface area contributed by atoms with Gasteiger partial charge in [0.15, 0.2) is 5.58 Å². The van der Waals surface area contributed by atoms with Crippen molar-refractivity contribution in [1.29, 1.82) is 0 Å². The van der Waals surface area contributed by atoms with E-state index in [2.05, 4.69) is 20.9 Å². The summed E-state index contributed by atoms with van der Waals surface area (Å²) in [5.74, 6) is -0.463. The first-order chi connectivity index (χ1) is 22.9. The highest BCUT2D eigenvalue weighted by molar-refractivity contribution is 8.00. The third kappa shape index (κ3) is 8.04. The predicted octanol–water partition coefficient (Wildman–Crippen LogP) is 8.48. The van der Waals surface area contributed by atoms with E-state index in [0.717, 1.165) is 27.1 Å². The van der Waals surface area contributed by atoms with Crippen LogP contribution in [0, 0.1) is 0 Å². The quantitative estimate of drug-likeness (QED) is 0.0951. The van der Waals surface area contributed by atoms with Gasteiger partial charge in [0.1, 0.15) is 11.2 Å². The van der Waals surface area contributed by atoms with Gasteiger partial charge in [0.2, 0.25) is 11.8 Å². The summed E-state index contributed by atoms with van der Waals surface area (Å²) in [5.41, 5.74) is 4.88. The molecule has 0 bridgehead atoms. The van der Waals surface area contributed by atoms with Crippen molar-refractivity contribution in [1.82, 2.24) is 10.3 Å².